The van der Waals surface area contributed by atoms with Gasteiger partial charge in [0.25, 0.3) is 0 Å². The van der Waals surface area contributed by atoms with Gasteiger partial charge in [-0.2, -0.15) is 0 Å². The lowest BCUT2D eigenvalue weighted by Gasteiger charge is -2.21. The minimum Gasteiger partial charge on any atom is -0.497 e. The summed E-state index contributed by atoms with van der Waals surface area (Å²) in [6.07, 6.45) is 0.813. The molecule has 2 nitrogen and oxygen atoms in total. The first kappa shape index (κ1) is 15.1. The summed E-state index contributed by atoms with van der Waals surface area (Å²) in [5.74, 6) is 1.18. The first-order valence-electron chi connectivity index (χ1n) is 6.74. The van der Waals surface area contributed by atoms with Crippen molar-refractivity contribution < 1.29 is 4.74 Å². The number of halogens is 1. The summed E-state index contributed by atoms with van der Waals surface area (Å²) in [5, 5.41) is 0. The predicted molar refractivity (Wildman–Crippen MR) is 87.2 cm³/mol. The second-order valence-corrected chi connectivity index (χ2v) is 5.88. The minimum absolute atomic E-state index is 0.0702. The maximum absolute atomic E-state index is 6.38. The summed E-state index contributed by atoms with van der Waals surface area (Å²) in [6, 6.07) is 16.5. The Bertz CT molecular complexity index is 556. The second-order valence-electron chi connectivity index (χ2n) is 5.02. The Hall–Kier alpha value is -1.32. The third-order valence-electron chi connectivity index (χ3n) is 3.68. The molecule has 0 spiro atoms. The van der Waals surface area contributed by atoms with E-state index in [4.69, 9.17) is 10.5 Å². The van der Waals surface area contributed by atoms with Gasteiger partial charge < -0.3 is 10.5 Å². The number of ether oxygens (including phenoxy) is 1. The van der Waals surface area contributed by atoms with E-state index in [-0.39, 0.29) is 6.04 Å². The van der Waals surface area contributed by atoms with E-state index in [1.54, 1.807) is 7.11 Å². The van der Waals surface area contributed by atoms with Crippen molar-refractivity contribution in [1.82, 2.24) is 0 Å². The zero-order valence-corrected chi connectivity index (χ0v) is 13.4. The molecule has 3 heteroatoms. The topological polar surface area (TPSA) is 35.2 Å². The summed E-state index contributed by atoms with van der Waals surface area (Å²) in [7, 11) is 1.68. The fraction of sp³-hybridized carbons (Fsp3) is 0.294. The van der Waals surface area contributed by atoms with Crippen molar-refractivity contribution in [2.24, 2.45) is 5.73 Å². The third-order valence-corrected chi connectivity index (χ3v) is 4.45. The van der Waals surface area contributed by atoms with Crippen molar-refractivity contribution in [3.63, 3.8) is 0 Å². The van der Waals surface area contributed by atoms with E-state index in [2.05, 4.69) is 47.1 Å². The van der Waals surface area contributed by atoms with Crippen LogP contribution in [0, 0.1) is 0 Å². The van der Waals surface area contributed by atoms with Gasteiger partial charge in [0.2, 0.25) is 0 Å². The molecule has 0 fully saturated rings. The molecule has 2 aromatic carbocycles. The van der Waals surface area contributed by atoms with Crippen molar-refractivity contribution >= 4 is 15.9 Å². The lowest BCUT2D eigenvalue weighted by atomic mass is 9.90. The van der Waals surface area contributed by atoms with Crippen LogP contribution in [0.3, 0.4) is 0 Å². The van der Waals surface area contributed by atoms with Crippen LogP contribution in [0.25, 0.3) is 0 Å². The molecule has 2 N–H and O–H groups in total. The lowest BCUT2D eigenvalue weighted by Crippen LogP contribution is -2.29. The van der Waals surface area contributed by atoms with Crippen LogP contribution < -0.4 is 10.5 Å². The van der Waals surface area contributed by atoms with Gasteiger partial charge in [0.15, 0.2) is 0 Å². The molecule has 0 aromatic heterocycles. The number of benzene rings is 2. The van der Waals surface area contributed by atoms with Gasteiger partial charge in [0.05, 0.1) is 7.11 Å². The van der Waals surface area contributed by atoms with Crippen molar-refractivity contribution in [3.8, 4) is 5.75 Å². The maximum atomic E-state index is 6.38. The smallest absolute Gasteiger partial charge is 0.119 e. The Kier molecular flexibility index (Phi) is 5.21. The van der Waals surface area contributed by atoms with E-state index in [1.165, 1.54) is 11.1 Å². The molecule has 0 aliphatic rings. The van der Waals surface area contributed by atoms with Crippen LogP contribution in [0.4, 0.5) is 0 Å². The highest BCUT2D eigenvalue weighted by atomic mass is 79.9. The first-order valence-corrected chi connectivity index (χ1v) is 7.54. The molecule has 0 radical (unpaired) electrons. The van der Waals surface area contributed by atoms with Gasteiger partial charge >= 0.3 is 0 Å². The van der Waals surface area contributed by atoms with Gasteiger partial charge in [0.1, 0.15) is 5.75 Å². The van der Waals surface area contributed by atoms with Gasteiger partial charge in [-0.1, -0.05) is 53.2 Å². The van der Waals surface area contributed by atoms with E-state index in [0.717, 1.165) is 16.6 Å². The third kappa shape index (κ3) is 3.62. The van der Waals surface area contributed by atoms with Crippen LogP contribution in [-0.4, -0.2) is 13.2 Å². The molecular formula is C17H20BrNO. The Balaban J connectivity index is 2.13. The van der Waals surface area contributed by atoms with Crippen LogP contribution in [0.2, 0.25) is 0 Å². The van der Waals surface area contributed by atoms with E-state index < -0.39 is 0 Å². The first-order chi connectivity index (χ1) is 9.61. The van der Waals surface area contributed by atoms with E-state index in [9.17, 15) is 0 Å². The van der Waals surface area contributed by atoms with Crippen LogP contribution >= 0.6 is 15.9 Å². The molecule has 2 aromatic rings. The van der Waals surface area contributed by atoms with Crippen molar-refractivity contribution in [1.29, 1.82) is 0 Å². The number of rotatable bonds is 5. The minimum atomic E-state index is 0.0702. The molecule has 106 valence electrons. The van der Waals surface area contributed by atoms with Gasteiger partial charge in [-0.25, -0.2) is 0 Å². The zero-order valence-electron chi connectivity index (χ0n) is 11.8. The lowest BCUT2D eigenvalue weighted by molar-refractivity contribution is 0.413. The van der Waals surface area contributed by atoms with Crippen molar-refractivity contribution in [2.75, 3.05) is 7.11 Å². The maximum Gasteiger partial charge on any atom is 0.119 e. The van der Waals surface area contributed by atoms with Crippen molar-refractivity contribution in [3.05, 3.63) is 64.1 Å². The molecule has 0 saturated heterocycles. The Morgan fingerprint density at radius 3 is 2.50 bits per heavy atom. The average Bonchev–Trinajstić information content (AvgIpc) is 2.49. The summed E-state index contributed by atoms with van der Waals surface area (Å²) < 4.78 is 6.35. The van der Waals surface area contributed by atoms with Crippen LogP contribution in [0.1, 0.15) is 24.0 Å². The van der Waals surface area contributed by atoms with Gasteiger partial charge in [-0.3, -0.25) is 0 Å². The Labute approximate surface area is 129 Å². The highest BCUT2D eigenvalue weighted by molar-refractivity contribution is 9.10. The molecule has 2 unspecified atom stereocenters. The summed E-state index contributed by atoms with van der Waals surface area (Å²) >= 11 is 3.58. The van der Waals surface area contributed by atoms with Crippen LogP contribution in [0.5, 0.6) is 5.75 Å². The Morgan fingerprint density at radius 2 is 1.85 bits per heavy atom. The summed E-state index contributed by atoms with van der Waals surface area (Å²) in [4.78, 5) is 0. The van der Waals surface area contributed by atoms with E-state index in [0.29, 0.717) is 5.92 Å². The van der Waals surface area contributed by atoms with E-state index >= 15 is 0 Å². The van der Waals surface area contributed by atoms with Crippen LogP contribution in [-0.2, 0) is 6.42 Å². The Morgan fingerprint density at radius 1 is 1.15 bits per heavy atom. The van der Waals surface area contributed by atoms with Crippen molar-refractivity contribution in [2.45, 2.75) is 25.3 Å². The summed E-state index contributed by atoms with van der Waals surface area (Å²) in [6.45, 7) is 2.17. The molecule has 2 rings (SSSR count). The van der Waals surface area contributed by atoms with Gasteiger partial charge in [0, 0.05) is 10.5 Å². The molecule has 0 bridgehead atoms. The monoisotopic (exact) mass is 333 g/mol. The molecule has 0 amide bonds. The second kappa shape index (κ2) is 6.91. The standard InChI is InChI=1S/C17H20BrNO/c1-12(13-6-4-3-5-7-13)17(19)11-14-10-15(20-2)8-9-16(14)18/h3-10,12,17H,11,19H2,1-2H3. The molecule has 0 heterocycles. The number of hydrogen-bond donors (Lipinski definition) is 1. The zero-order chi connectivity index (χ0) is 14.5. The van der Waals surface area contributed by atoms with Gasteiger partial charge in [-0.15, -0.1) is 0 Å². The van der Waals surface area contributed by atoms with Gasteiger partial charge in [-0.05, 0) is 41.7 Å². The SMILES string of the molecule is COc1ccc(Br)c(CC(N)C(C)c2ccccc2)c1. The number of hydrogen-bond acceptors (Lipinski definition) is 2. The van der Waals surface area contributed by atoms with E-state index in [1.807, 2.05) is 24.3 Å². The number of nitrogens with two attached hydrogens (primary N) is 1. The highest BCUT2D eigenvalue weighted by Crippen LogP contribution is 2.26. The molecule has 0 saturated carbocycles. The summed E-state index contributed by atoms with van der Waals surface area (Å²) in [5.41, 5.74) is 8.84. The largest absolute Gasteiger partial charge is 0.497 e. The fourth-order valence-electron chi connectivity index (χ4n) is 2.27. The normalized spacial score (nSPS) is 13.8. The molecule has 0 aliphatic carbocycles. The molecular weight excluding hydrogens is 314 g/mol. The number of methoxy groups -OCH3 is 1. The predicted octanol–water partition coefficient (Wildman–Crippen LogP) is 4.13. The van der Waals surface area contributed by atoms with Crippen LogP contribution in [0.15, 0.2) is 53.0 Å². The quantitative estimate of drug-likeness (QED) is 0.892. The highest BCUT2D eigenvalue weighted by Gasteiger charge is 2.16. The molecule has 0 aliphatic heterocycles. The fourth-order valence-corrected chi connectivity index (χ4v) is 2.68. The molecule has 20 heavy (non-hydrogen) atoms. The molecule has 2 atom stereocenters. The average molecular weight is 334 g/mol.